The Hall–Kier alpha value is -5.18. The maximum atomic E-state index is 2.41. The summed E-state index contributed by atoms with van der Waals surface area (Å²) >= 11 is 1.89. The van der Waals surface area contributed by atoms with E-state index in [1.54, 1.807) is 0 Å². The number of anilines is 3. The van der Waals surface area contributed by atoms with E-state index in [0.29, 0.717) is 0 Å². The van der Waals surface area contributed by atoms with Crippen LogP contribution in [0.1, 0.15) is 0 Å². The van der Waals surface area contributed by atoms with Crippen molar-refractivity contribution in [3.8, 4) is 22.3 Å². The van der Waals surface area contributed by atoms with Crippen molar-refractivity contribution in [1.29, 1.82) is 0 Å². The third kappa shape index (κ3) is 4.16. The summed E-state index contributed by atoms with van der Waals surface area (Å²) in [5.41, 5.74) is 8.41. The quantitative estimate of drug-likeness (QED) is 0.205. The number of rotatable bonds is 5. The normalized spacial score (nSPS) is 11.3. The molecule has 1 aromatic heterocycles. The molecule has 42 heavy (non-hydrogen) atoms. The second kappa shape index (κ2) is 10.3. The molecule has 0 aliphatic rings. The molecular weight excluding hydrogens is 527 g/mol. The van der Waals surface area contributed by atoms with Gasteiger partial charge in [-0.2, -0.15) is 0 Å². The number of thiophene rings is 1. The molecule has 0 N–H and O–H groups in total. The molecule has 0 saturated carbocycles. The fraction of sp³-hybridized carbons (Fsp3) is 0. The van der Waals surface area contributed by atoms with Gasteiger partial charge in [-0.1, -0.05) is 121 Å². The van der Waals surface area contributed by atoms with Crippen LogP contribution in [0, 0.1) is 0 Å². The molecule has 1 nitrogen and oxygen atoms in total. The minimum Gasteiger partial charge on any atom is -0.310 e. The Bertz CT molecular complexity index is 2160. The van der Waals surface area contributed by atoms with Gasteiger partial charge >= 0.3 is 0 Å². The van der Waals surface area contributed by atoms with Gasteiger partial charge in [0.05, 0.1) is 5.69 Å². The van der Waals surface area contributed by atoms with Crippen molar-refractivity contribution in [3.63, 3.8) is 0 Å². The summed E-state index contributed by atoms with van der Waals surface area (Å²) < 4.78 is 2.62. The molecule has 0 atom stereocenters. The van der Waals surface area contributed by atoms with Gasteiger partial charge in [0, 0.05) is 36.9 Å². The highest BCUT2D eigenvalue weighted by Crippen LogP contribution is 2.48. The van der Waals surface area contributed by atoms with E-state index in [0.717, 1.165) is 11.4 Å². The van der Waals surface area contributed by atoms with Gasteiger partial charge < -0.3 is 4.90 Å². The molecule has 0 amide bonds. The van der Waals surface area contributed by atoms with Crippen molar-refractivity contribution in [3.05, 3.63) is 164 Å². The first kappa shape index (κ1) is 24.6. The van der Waals surface area contributed by atoms with E-state index in [1.807, 2.05) is 11.3 Å². The van der Waals surface area contributed by atoms with E-state index in [-0.39, 0.29) is 0 Å². The topological polar surface area (TPSA) is 3.24 Å². The van der Waals surface area contributed by atoms with Crippen LogP contribution in [-0.2, 0) is 0 Å². The lowest BCUT2D eigenvalue weighted by molar-refractivity contribution is 1.30. The first-order valence-corrected chi connectivity index (χ1v) is 15.1. The Labute approximate surface area is 249 Å². The molecule has 7 aromatic carbocycles. The summed E-state index contributed by atoms with van der Waals surface area (Å²) in [5.74, 6) is 0. The van der Waals surface area contributed by atoms with Crippen molar-refractivity contribution in [2.75, 3.05) is 4.90 Å². The molecule has 0 aliphatic carbocycles. The zero-order chi connectivity index (χ0) is 27.9. The molecule has 8 aromatic rings. The molecular formula is C40H27NS. The number of fused-ring (bicyclic) bond motifs is 5. The maximum absolute atomic E-state index is 2.41. The number of para-hydroxylation sites is 1. The van der Waals surface area contributed by atoms with Crippen LogP contribution in [0.5, 0.6) is 0 Å². The monoisotopic (exact) mass is 553 g/mol. The molecule has 8 rings (SSSR count). The molecule has 0 saturated heterocycles. The predicted molar refractivity (Wildman–Crippen MR) is 182 cm³/mol. The molecule has 0 unspecified atom stereocenters. The van der Waals surface area contributed by atoms with E-state index < -0.39 is 0 Å². The lowest BCUT2D eigenvalue weighted by atomic mass is 9.95. The van der Waals surface area contributed by atoms with Gasteiger partial charge in [-0.15, -0.1) is 11.3 Å². The summed E-state index contributed by atoms with van der Waals surface area (Å²) in [6.07, 6.45) is 0. The van der Waals surface area contributed by atoms with Crippen molar-refractivity contribution in [1.82, 2.24) is 0 Å². The average molecular weight is 554 g/mol. The lowest BCUT2D eigenvalue weighted by Gasteiger charge is -2.26. The fourth-order valence-corrected chi connectivity index (χ4v) is 7.35. The largest absolute Gasteiger partial charge is 0.310 e. The van der Waals surface area contributed by atoms with Gasteiger partial charge in [0.15, 0.2) is 0 Å². The average Bonchev–Trinajstić information content (AvgIpc) is 3.46. The van der Waals surface area contributed by atoms with Crippen LogP contribution < -0.4 is 4.90 Å². The van der Waals surface area contributed by atoms with Gasteiger partial charge in [0.1, 0.15) is 0 Å². The lowest BCUT2D eigenvalue weighted by Crippen LogP contribution is -2.10. The summed E-state index contributed by atoms with van der Waals surface area (Å²) in [6, 6.07) is 59.0. The SMILES string of the molecule is c1ccc(-c2ccc(N(c3ccccc3)c3cccc4sc5c6ccccc6c(-c6ccccc6)cc5c34)cc2)cc1. The third-order valence-electron chi connectivity index (χ3n) is 8.05. The molecule has 198 valence electrons. The number of hydrogen-bond acceptors (Lipinski definition) is 2. The van der Waals surface area contributed by atoms with Crippen LogP contribution in [0.2, 0.25) is 0 Å². The van der Waals surface area contributed by atoms with Crippen molar-refractivity contribution in [2.24, 2.45) is 0 Å². The van der Waals surface area contributed by atoms with Gasteiger partial charge in [-0.3, -0.25) is 0 Å². The van der Waals surface area contributed by atoms with Crippen molar-refractivity contribution < 1.29 is 0 Å². The zero-order valence-corrected chi connectivity index (χ0v) is 23.8. The smallest absolute Gasteiger partial charge is 0.0554 e. The van der Waals surface area contributed by atoms with Gasteiger partial charge in [0.2, 0.25) is 0 Å². The van der Waals surface area contributed by atoms with Crippen LogP contribution in [0.15, 0.2) is 164 Å². The van der Waals surface area contributed by atoms with E-state index in [2.05, 4.69) is 169 Å². The van der Waals surface area contributed by atoms with Crippen LogP contribution >= 0.6 is 11.3 Å². The van der Waals surface area contributed by atoms with Crippen LogP contribution in [0.3, 0.4) is 0 Å². The minimum atomic E-state index is 1.14. The summed E-state index contributed by atoms with van der Waals surface area (Å²) in [5, 5.41) is 5.18. The van der Waals surface area contributed by atoms with Crippen molar-refractivity contribution in [2.45, 2.75) is 0 Å². The van der Waals surface area contributed by atoms with Gasteiger partial charge in [-0.25, -0.2) is 0 Å². The van der Waals surface area contributed by atoms with E-state index in [4.69, 9.17) is 0 Å². The summed E-state index contributed by atoms with van der Waals surface area (Å²) in [4.78, 5) is 2.40. The second-order valence-corrected chi connectivity index (χ2v) is 11.6. The van der Waals surface area contributed by atoms with Gasteiger partial charge in [0.25, 0.3) is 0 Å². The standard InChI is InChI=1S/C40H27NS/c1-4-13-28(14-5-1)29-23-25-32(26-24-29)41(31-17-8-3-9-18-31)37-21-12-22-38-39(37)36-27-35(30-15-6-2-7-16-30)33-19-10-11-20-34(33)40(36)42-38/h1-27H. The molecule has 2 heteroatoms. The van der Waals surface area contributed by atoms with Crippen LogP contribution in [0.4, 0.5) is 17.1 Å². The molecule has 0 radical (unpaired) electrons. The highest BCUT2D eigenvalue weighted by molar-refractivity contribution is 7.26. The Morgan fingerprint density at radius 2 is 0.976 bits per heavy atom. The van der Waals surface area contributed by atoms with Gasteiger partial charge in [-0.05, 0) is 70.1 Å². The van der Waals surface area contributed by atoms with Crippen LogP contribution in [-0.4, -0.2) is 0 Å². The van der Waals surface area contributed by atoms with Crippen molar-refractivity contribution >= 4 is 59.3 Å². The number of benzene rings is 7. The second-order valence-electron chi connectivity index (χ2n) is 10.5. The molecule has 1 heterocycles. The van der Waals surface area contributed by atoms with E-state index in [9.17, 15) is 0 Å². The van der Waals surface area contributed by atoms with Crippen LogP contribution in [0.25, 0.3) is 53.2 Å². The minimum absolute atomic E-state index is 1.14. The summed E-state index contributed by atoms with van der Waals surface area (Å²) in [7, 11) is 0. The summed E-state index contributed by atoms with van der Waals surface area (Å²) in [6.45, 7) is 0. The number of nitrogens with zero attached hydrogens (tertiary/aromatic N) is 1. The first-order valence-electron chi connectivity index (χ1n) is 14.3. The predicted octanol–water partition coefficient (Wildman–Crippen LogP) is 12.0. The third-order valence-corrected chi connectivity index (χ3v) is 9.26. The van der Waals surface area contributed by atoms with E-state index in [1.165, 1.54) is 58.9 Å². The Morgan fingerprint density at radius 1 is 0.405 bits per heavy atom. The maximum Gasteiger partial charge on any atom is 0.0554 e. The zero-order valence-electron chi connectivity index (χ0n) is 22.9. The Morgan fingerprint density at radius 3 is 1.69 bits per heavy atom. The molecule has 0 fully saturated rings. The number of hydrogen-bond donors (Lipinski definition) is 0. The highest BCUT2D eigenvalue weighted by Gasteiger charge is 2.20. The highest BCUT2D eigenvalue weighted by atomic mass is 32.1. The van der Waals surface area contributed by atoms with E-state index >= 15 is 0 Å². The molecule has 0 aliphatic heterocycles. The fourth-order valence-electron chi connectivity index (χ4n) is 6.11. The molecule has 0 bridgehead atoms. The first-order chi connectivity index (χ1) is 20.8. The Kier molecular flexibility index (Phi) is 6.05. The Balaban J connectivity index is 1.40. The molecule has 0 spiro atoms.